The fourth-order valence-corrected chi connectivity index (χ4v) is 1.40. The molecule has 0 aliphatic heterocycles. The van der Waals surface area contributed by atoms with Gasteiger partial charge in [-0.15, -0.1) is 0 Å². The Morgan fingerprint density at radius 1 is 1.69 bits per heavy atom. The van der Waals surface area contributed by atoms with Crippen LogP contribution < -0.4 is 0 Å². The summed E-state index contributed by atoms with van der Waals surface area (Å²) in [5.74, 6) is -0.662. The minimum absolute atomic E-state index is 0.121. The van der Waals surface area contributed by atoms with Crippen molar-refractivity contribution in [1.82, 2.24) is 14.6 Å². The number of hydrogen-bond acceptors (Lipinski definition) is 5. The van der Waals surface area contributed by atoms with Crippen LogP contribution in [0.4, 0.5) is 0 Å². The molecular formula is C10H11N3O3. The van der Waals surface area contributed by atoms with E-state index in [1.807, 2.05) is 0 Å². The van der Waals surface area contributed by atoms with Crippen molar-refractivity contribution in [1.29, 1.82) is 0 Å². The molecule has 6 nitrogen and oxygen atoms in total. The molecule has 0 radical (unpaired) electrons. The monoisotopic (exact) mass is 221 g/mol. The van der Waals surface area contributed by atoms with Crippen LogP contribution in [0.1, 0.15) is 5.69 Å². The van der Waals surface area contributed by atoms with Crippen molar-refractivity contribution in [2.24, 2.45) is 0 Å². The first-order chi connectivity index (χ1) is 7.70. The van der Waals surface area contributed by atoms with Gasteiger partial charge in [0.05, 0.1) is 12.8 Å². The summed E-state index contributed by atoms with van der Waals surface area (Å²) in [4.78, 5) is 15.1. The molecule has 2 rings (SSSR count). The second-order valence-electron chi connectivity index (χ2n) is 3.30. The Labute approximate surface area is 91.5 Å². The van der Waals surface area contributed by atoms with Gasteiger partial charge in [0, 0.05) is 24.9 Å². The van der Waals surface area contributed by atoms with Crippen LogP contribution in [0.25, 0.3) is 5.65 Å². The molecule has 0 spiro atoms. The predicted molar refractivity (Wildman–Crippen MR) is 54.7 cm³/mol. The van der Waals surface area contributed by atoms with Crippen LogP contribution in [0.5, 0.6) is 0 Å². The molecule has 2 heterocycles. The van der Waals surface area contributed by atoms with Crippen LogP contribution in [-0.4, -0.2) is 38.9 Å². The number of ether oxygens (including phenoxy) is 1. The van der Waals surface area contributed by atoms with Crippen LogP contribution in [0, 0.1) is 0 Å². The molecule has 0 aliphatic rings. The molecule has 2 aromatic heterocycles. The van der Waals surface area contributed by atoms with Crippen molar-refractivity contribution in [3.05, 3.63) is 30.2 Å². The maximum Gasteiger partial charge on any atom is 0.335 e. The zero-order valence-electron chi connectivity index (χ0n) is 8.70. The molecule has 0 bridgehead atoms. The summed E-state index contributed by atoms with van der Waals surface area (Å²) in [5, 5.41) is 13.6. The lowest BCUT2D eigenvalue weighted by atomic mass is 10.2. The molecule has 0 aliphatic carbocycles. The van der Waals surface area contributed by atoms with Crippen molar-refractivity contribution < 1.29 is 14.6 Å². The maximum atomic E-state index is 11.0. The van der Waals surface area contributed by atoms with Gasteiger partial charge >= 0.3 is 5.97 Å². The maximum absolute atomic E-state index is 11.0. The van der Waals surface area contributed by atoms with Crippen molar-refractivity contribution >= 4 is 11.6 Å². The van der Waals surface area contributed by atoms with E-state index < -0.39 is 12.1 Å². The SMILES string of the molecule is COC(=O)C(O)Cc1cc2ncccn2n1. The summed E-state index contributed by atoms with van der Waals surface area (Å²) in [5.41, 5.74) is 1.27. The molecule has 84 valence electrons. The van der Waals surface area contributed by atoms with Crippen molar-refractivity contribution in [2.75, 3.05) is 7.11 Å². The fraction of sp³-hybridized carbons (Fsp3) is 0.300. The minimum Gasteiger partial charge on any atom is -0.467 e. The normalized spacial score (nSPS) is 12.6. The number of aromatic nitrogens is 3. The van der Waals surface area contributed by atoms with E-state index in [9.17, 15) is 9.90 Å². The van der Waals surface area contributed by atoms with Crippen LogP contribution in [0.15, 0.2) is 24.5 Å². The first-order valence-electron chi connectivity index (χ1n) is 4.76. The third kappa shape index (κ3) is 2.01. The van der Waals surface area contributed by atoms with Crippen molar-refractivity contribution in [3.8, 4) is 0 Å². The second kappa shape index (κ2) is 4.28. The van der Waals surface area contributed by atoms with Gasteiger partial charge in [-0.2, -0.15) is 5.10 Å². The summed E-state index contributed by atoms with van der Waals surface area (Å²) in [6.07, 6.45) is 2.33. The lowest BCUT2D eigenvalue weighted by molar-refractivity contribution is -0.150. The summed E-state index contributed by atoms with van der Waals surface area (Å²) >= 11 is 0. The van der Waals surface area contributed by atoms with E-state index in [0.29, 0.717) is 11.3 Å². The Hall–Kier alpha value is -1.95. The lowest BCUT2D eigenvalue weighted by Crippen LogP contribution is -2.24. The van der Waals surface area contributed by atoms with E-state index in [4.69, 9.17) is 0 Å². The highest BCUT2D eigenvalue weighted by Gasteiger charge is 2.17. The van der Waals surface area contributed by atoms with Crippen molar-refractivity contribution in [2.45, 2.75) is 12.5 Å². The Morgan fingerprint density at radius 2 is 2.50 bits per heavy atom. The van der Waals surface area contributed by atoms with Crippen molar-refractivity contribution in [3.63, 3.8) is 0 Å². The molecule has 1 N–H and O–H groups in total. The van der Waals surface area contributed by atoms with E-state index in [1.165, 1.54) is 7.11 Å². The quantitative estimate of drug-likeness (QED) is 0.727. The Morgan fingerprint density at radius 3 is 3.19 bits per heavy atom. The number of esters is 1. The lowest BCUT2D eigenvalue weighted by Gasteiger charge is -2.04. The molecule has 6 heteroatoms. The third-order valence-corrected chi connectivity index (χ3v) is 2.16. The van der Waals surface area contributed by atoms with Gasteiger partial charge in [-0.25, -0.2) is 14.3 Å². The zero-order chi connectivity index (χ0) is 11.5. The minimum atomic E-state index is -1.19. The van der Waals surface area contributed by atoms with Gasteiger partial charge in [-0.05, 0) is 6.07 Å². The summed E-state index contributed by atoms with van der Waals surface area (Å²) < 4.78 is 6.00. The average molecular weight is 221 g/mol. The number of fused-ring (bicyclic) bond motifs is 1. The number of hydrogen-bond donors (Lipinski definition) is 1. The van der Waals surface area contributed by atoms with E-state index in [-0.39, 0.29) is 6.42 Å². The van der Waals surface area contributed by atoms with Crippen LogP contribution in [0.3, 0.4) is 0 Å². The summed E-state index contributed by atoms with van der Waals surface area (Å²) in [6.45, 7) is 0. The number of carbonyl (C=O) groups excluding carboxylic acids is 1. The predicted octanol–water partition coefficient (Wildman–Crippen LogP) is -0.194. The standard InChI is InChI=1S/C10H11N3O3/c1-16-10(15)8(14)5-7-6-9-11-3-2-4-13(9)12-7/h2-4,6,8,14H,5H2,1H3. The Balaban J connectivity index is 2.18. The molecule has 0 amide bonds. The number of aliphatic hydroxyl groups excluding tert-OH is 1. The average Bonchev–Trinajstić information content (AvgIpc) is 2.69. The van der Waals surface area contributed by atoms with E-state index >= 15 is 0 Å². The Bertz CT molecular complexity index is 476. The second-order valence-corrected chi connectivity index (χ2v) is 3.30. The van der Waals surface area contributed by atoms with Crippen LogP contribution >= 0.6 is 0 Å². The zero-order valence-corrected chi connectivity index (χ0v) is 8.70. The fourth-order valence-electron chi connectivity index (χ4n) is 1.40. The molecule has 0 saturated heterocycles. The van der Waals surface area contributed by atoms with E-state index in [0.717, 1.165) is 0 Å². The molecule has 1 atom stereocenters. The number of nitrogens with zero attached hydrogens (tertiary/aromatic N) is 3. The van der Waals surface area contributed by atoms with Gasteiger partial charge in [0.25, 0.3) is 0 Å². The summed E-state index contributed by atoms with van der Waals surface area (Å²) in [7, 11) is 1.23. The largest absolute Gasteiger partial charge is 0.467 e. The van der Waals surface area contributed by atoms with Gasteiger partial charge in [0.15, 0.2) is 11.8 Å². The molecule has 0 saturated carbocycles. The molecule has 2 aromatic rings. The number of rotatable bonds is 3. The third-order valence-electron chi connectivity index (χ3n) is 2.16. The van der Waals surface area contributed by atoms with Gasteiger partial charge in [-0.1, -0.05) is 0 Å². The first-order valence-corrected chi connectivity index (χ1v) is 4.76. The van der Waals surface area contributed by atoms with E-state index in [1.54, 1.807) is 29.0 Å². The highest BCUT2D eigenvalue weighted by Crippen LogP contribution is 2.06. The van der Waals surface area contributed by atoms with Gasteiger partial charge in [0.1, 0.15) is 0 Å². The number of aliphatic hydroxyl groups is 1. The molecule has 0 aromatic carbocycles. The number of carbonyl (C=O) groups is 1. The van der Waals surface area contributed by atoms with Gasteiger partial charge in [0.2, 0.25) is 0 Å². The molecule has 1 unspecified atom stereocenters. The first kappa shape index (κ1) is 10.6. The van der Waals surface area contributed by atoms with Crippen LogP contribution in [0.2, 0.25) is 0 Å². The topological polar surface area (TPSA) is 76.7 Å². The smallest absolute Gasteiger partial charge is 0.335 e. The molecule has 0 fully saturated rings. The van der Waals surface area contributed by atoms with E-state index in [2.05, 4.69) is 14.8 Å². The summed E-state index contributed by atoms with van der Waals surface area (Å²) in [6, 6.07) is 3.46. The van der Waals surface area contributed by atoms with Gasteiger partial charge in [-0.3, -0.25) is 0 Å². The highest BCUT2D eigenvalue weighted by atomic mass is 16.5. The number of methoxy groups -OCH3 is 1. The highest BCUT2D eigenvalue weighted by molar-refractivity contribution is 5.74. The van der Waals surface area contributed by atoms with Gasteiger partial charge < -0.3 is 9.84 Å². The molecular weight excluding hydrogens is 210 g/mol. The Kier molecular flexibility index (Phi) is 2.82. The molecule has 16 heavy (non-hydrogen) atoms. The van der Waals surface area contributed by atoms with Crippen LogP contribution in [-0.2, 0) is 16.0 Å².